The molecule has 0 aliphatic rings. The molecule has 1 nitrogen and oxygen atoms in total. The van der Waals surface area contributed by atoms with Crippen molar-refractivity contribution in [3.05, 3.63) is 29.8 Å². The zero-order valence-electron chi connectivity index (χ0n) is 12.7. The maximum Gasteiger partial charge on any atom is 0.389 e. The highest BCUT2D eigenvalue weighted by atomic mass is 32.2. The molecule has 21 heavy (non-hydrogen) atoms. The number of rotatable bonds is 9. The van der Waals surface area contributed by atoms with Crippen molar-refractivity contribution < 1.29 is 13.2 Å². The second-order valence-electron chi connectivity index (χ2n) is 5.28. The maximum atomic E-state index is 12.2. The van der Waals surface area contributed by atoms with Gasteiger partial charge in [-0.2, -0.15) is 13.2 Å². The van der Waals surface area contributed by atoms with Gasteiger partial charge in [-0.3, -0.25) is 0 Å². The monoisotopic (exact) mass is 319 g/mol. The summed E-state index contributed by atoms with van der Waals surface area (Å²) in [5.74, 6) is 0.806. The lowest BCUT2D eigenvalue weighted by molar-refractivity contribution is -0.135. The number of aryl methyl sites for hydroxylation is 1. The molecule has 1 N–H and O–H groups in total. The Morgan fingerprint density at radius 2 is 1.86 bits per heavy atom. The van der Waals surface area contributed by atoms with E-state index in [1.165, 1.54) is 10.5 Å². The molecule has 0 amide bonds. The summed E-state index contributed by atoms with van der Waals surface area (Å²) in [4.78, 5) is 1.17. The molecule has 1 aromatic rings. The van der Waals surface area contributed by atoms with Gasteiger partial charge in [0.1, 0.15) is 0 Å². The first-order chi connectivity index (χ1) is 9.90. The number of halogens is 3. The van der Waals surface area contributed by atoms with Crippen LogP contribution in [0.25, 0.3) is 0 Å². The van der Waals surface area contributed by atoms with Gasteiger partial charge in [0.25, 0.3) is 0 Å². The van der Waals surface area contributed by atoms with Crippen LogP contribution in [0.15, 0.2) is 29.2 Å². The SMILES string of the molecule is CCCNC(CCCC(F)(F)F)CSc1ccc(C)cc1. The van der Waals surface area contributed by atoms with Gasteiger partial charge in [-0.25, -0.2) is 0 Å². The first-order valence-electron chi connectivity index (χ1n) is 7.40. The smallest absolute Gasteiger partial charge is 0.313 e. The van der Waals surface area contributed by atoms with Crippen LogP contribution in [0.3, 0.4) is 0 Å². The van der Waals surface area contributed by atoms with Gasteiger partial charge in [0.15, 0.2) is 0 Å². The first-order valence-corrected chi connectivity index (χ1v) is 8.39. The van der Waals surface area contributed by atoms with Gasteiger partial charge >= 0.3 is 6.18 Å². The molecule has 1 rings (SSSR count). The van der Waals surface area contributed by atoms with Crippen LogP contribution < -0.4 is 5.32 Å². The summed E-state index contributed by atoms with van der Waals surface area (Å²) in [6.07, 6.45) is -2.98. The molecule has 0 saturated heterocycles. The summed E-state index contributed by atoms with van der Waals surface area (Å²) >= 11 is 1.70. The van der Waals surface area contributed by atoms with Gasteiger partial charge < -0.3 is 5.32 Å². The molecule has 0 spiro atoms. The zero-order chi connectivity index (χ0) is 15.7. The predicted molar refractivity (Wildman–Crippen MR) is 83.9 cm³/mol. The summed E-state index contributed by atoms with van der Waals surface area (Å²) in [5, 5.41) is 3.35. The number of nitrogens with one attached hydrogen (secondary N) is 1. The van der Waals surface area contributed by atoms with Crippen LogP contribution in [0.1, 0.15) is 38.2 Å². The van der Waals surface area contributed by atoms with Crippen molar-refractivity contribution in [3.8, 4) is 0 Å². The Bertz CT molecular complexity index is 390. The van der Waals surface area contributed by atoms with Crippen molar-refractivity contribution >= 4 is 11.8 Å². The van der Waals surface area contributed by atoms with E-state index in [4.69, 9.17) is 0 Å². The second-order valence-corrected chi connectivity index (χ2v) is 6.38. The van der Waals surface area contributed by atoms with Crippen LogP contribution in [0.5, 0.6) is 0 Å². The molecule has 5 heteroatoms. The Labute approximate surface area is 129 Å². The minimum atomic E-state index is -4.04. The minimum absolute atomic E-state index is 0.138. The van der Waals surface area contributed by atoms with E-state index < -0.39 is 12.6 Å². The van der Waals surface area contributed by atoms with Crippen LogP contribution in [-0.2, 0) is 0 Å². The molecule has 1 atom stereocenters. The fraction of sp³-hybridized carbons (Fsp3) is 0.625. The Balaban J connectivity index is 2.39. The summed E-state index contributed by atoms with van der Waals surface area (Å²) in [5.41, 5.74) is 1.21. The Morgan fingerprint density at radius 3 is 2.43 bits per heavy atom. The Kier molecular flexibility index (Phi) is 8.19. The largest absolute Gasteiger partial charge is 0.389 e. The third-order valence-corrected chi connectivity index (χ3v) is 4.34. The lowest BCUT2D eigenvalue weighted by Crippen LogP contribution is -2.32. The van der Waals surface area contributed by atoms with Gasteiger partial charge in [0.05, 0.1) is 0 Å². The van der Waals surface area contributed by atoms with E-state index in [1.807, 2.05) is 6.92 Å². The van der Waals surface area contributed by atoms with Crippen molar-refractivity contribution in [2.45, 2.75) is 56.6 Å². The van der Waals surface area contributed by atoms with Gasteiger partial charge in [-0.15, -0.1) is 11.8 Å². The van der Waals surface area contributed by atoms with E-state index in [2.05, 4.69) is 36.5 Å². The Hall–Kier alpha value is -0.680. The zero-order valence-corrected chi connectivity index (χ0v) is 13.5. The highest BCUT2D eigenvalue weighted by Crippen LogP contribution is 2.24. The summed E-state index contributed by atoms with van der Waals surface area (Å²) in [6, 6.07) is 8.37. The van der Waals surface area contributed by atoms with Crippen molar-refractivity contribution in [3.63, 3.8) is 0 Å². The highest BCUT2D eigenvalue weighted by Gasteiger charge is 2.26. The second kappa shape index (κ2) is 9.36. The summed E-state index contributed by atoms with van der Waals surface area (Å²) in [7, 11) is 0. The highest BCUT2D eigenvalue weighted by molar-refractivity contribution is 7.99. The fourth-order valence-electron chi connectivity index (χ4n) is 1.97. The summed E-state index contributed by atoms with van der Waals surface area (Å²) < 4.78 is 36.7. The molecule has 0 heterocycles. The van der Waals surface area contributed by atoms with E-state index in [0.29, 0.717) is 6.42 Å². The topological polar surface area (TPSA) is 12.0 Å². The molecule has 1 unspecified atom stereocenters. The average molecular weight is 319 g/mol. The van der Waals surface area contributed by atoms with Crippen LogP contribution in [0.2, 0.25) is 0 Å². The third-order valence-electron chi connectivity index (χ3n) is 3.17. The van der Waals surface area contributed by atoms with Crippen molar-refractivity contribution in [2.75, 3.05) is 12.3 Å². The fourth-order valence-corrected chi connectivity index (χ4v) is 2.98. The van der Waals surface area contributed by atoms with Gasteiger partial charge in [-0.1, -0.05) is 24.6 Å². The first kappa shape index (κ1) is 18.4. The van der Waals surface area contributed by atoms with Gasteiger partial charge in [-0.05, 0) is 44.9 Å². The van der Waals surface area contributed by atoms with Gasteiger partial charge in [0, 0.05) is 23.1 Å². The maximum absolute atomic E-state index is 12.2. The summed E-state index contributed by atoms with van der Waals surface area (Å²) in [6.45, 7) is 4.95. The number of hydrogen-bond acceptors (Lipinski definition) is 2. The van der Waals surface area contributed by atoms with Crippen molar-refractivity contribution in [1.29, 1.82) is 0 Å². The van der Waals surface area contributed by atoms with E-state index in [1.54, 1.807) is 11.8 Å². The molecule has 0 aromatic heterocycles. The number of hydrogen-bond donors (Lipinski definition) is 1. The molecule has 0 fully saturated rings. The molecule has 120 valence electrons. The van der Waals surface area contributed by atoms with Crippen molar-refractivity contribution in [2.24, 2.45) is 0 Å². The third kappa shape index (κ3) is 9.04. The lowest BCUT2D eigenvalue weighted by atomic mass is 10.1. The lowest BCUT2D eigenvalue weighted by Gasteiger charge is -2.18. The number of alkyl halides is 3. The average Bonchev–Trinajstić information content (AvgIpc) is 2.41. The van der Waals surface area contributed by atoms with E-state index in [0.717, 1.165) is 18.7 Å². The molecule has 0 saturated carbocycles. The van der Waals surface area contributed by atoms with Crippen molar-refractivity contribution in [1.82, 2.24) is 5.32 Å². The van der Waals surface area contributed by atoms with Crippen LogP contribution in [-0.4, -0.2) is 24.5 Å². The molecular formula is C16H24F3NS. The standard InChI is InChI=1S/C16H24F3NS/c1-3-11-20-14(5-4-10-16(17,18)19)12-21-15-8-6-13(2)7-9-15/h6-9,14,20H,3-5,10-12H2,1-2H3. The molecule has 0 bridgehead atoms. The molecule has 1 aromatic carbocycles. The minimum Gasteiger partial charge on any atom is -0.313 e. The van der Waals surface area contributed by atoms with E-state index in [9.17, 15) is 13.2 Å². The molecular weight excluding hydrogens is 295 g/mol. The molecule has 0 aliphatic heterocycles. The normalized spacial score (nSPS) is 13.4. The van der Waals surface area contributed by atoms with E-state index in [-0.39, 0.29) is 12.5 Å². The van der Waals surface area contributed by atoms with E-state index >= 15 is 0 Å². The number of thioether (sulfide) groups is 1. The van der Waals surface area contributed by atoms with Crippen LogP contribution in [0.4, 0.5) is 13.2 Å². The van der Waals surface area contributed by atoms with Gasteiger partial charge in [0.2, 0.25) is 0 Å². The molecule has 0 radical (unpaired) electrons. The number of benzene rings is 1. The van der Waals surface area contributed by atoms with Crippen LogP contribution in [0, 0.1) is 6.92 Å². The molecule has 0 aliphatic carbocycles. The Morgan fingerprint density at radius 1 is 1.19 bits per heavy atom. The van der Waals surface area contributed by atoms with Crippen LogP contribution >= 0.6 is 11.8 Å². The predicted octanol–water partition coefficient (Wildman–Crippen LogP) is 5.19. The quantitative estimate of drug-likeness (QED) is 0.629.